The zero-order chi connectivity index (χ0) is 16.2. The van der Waals surface area contributed by atoms with E-state index < -0.39 is 12.0 Å². The number of piperidine rings is 1. The van der Waals surface area contributed by atoms with Crippen molar-refractivity contribution in [2.24, 2.45) is 0 Å². The fraction of sp³-hybridized carbons (Fsp3) is 0.438. The molecule has 7 nitrogen and oxygen atoms in total. The third-order valence-corrected chi connectivity index (χ3v) is 4.05. The van der Waals surface area contributed by atoms with Crippen molar-refractivity contribution in [3.63, 3.8) is 0 Å². The van der Waals surface area contributed by atoms with Crippen LogP contribution in [0.15, 0.2) is 28.8 Å². The van der Waals surface area contributed by atoms with Crippen LogP contribution in [0.1, 0.15) is 25.2 Å². The third kappa shape index (κ3) is 4.04. The van der Waals surface area contributed by atoms with Crippen molar-refractivity contribution in [1.82, 2.24) is 15.0 Å². The van der Waals surface area contributed by atoms with Gasteiger partial charge >= 0.3 is 5.97 Å². The van der Waals surface area contributed by atoms with Gasteiger partial charge in [-0.2, -0.15) is 4.98 Å². The molecule has 8 heteroatoms. The van der Waals surface area contributed by atoms with Crippen molar-refractivity contribution in [2.45, 2.75) is 31.8 Å². The van der Waals surface area contributed by atoms with Crippen molar-refractivity contribution in [1.29, 1.82) is 0 Å². The van der Waals surface area contributed by atoms with Crippen LogP contribution in [0.5, 0.6) is 5.75 Å². The number of hydrogen-bond donors (Lipinski definition) is 1. The van der Waals surface area contributed by atoms with Crippen LogP contribution in [0, 0.1) is 0 Å². The summed E-state index contributed by atoms with van der Waals surface area (Å²) < 4.78 is 10.4. The molecule has 24 heavy (non-hydrogen) atoms. The van der Waals surface area contributed by atoms with Crippen molar-refractivity contribution in [3.8, 4) is 17.1 Å². The summed E-state index contributed by atoms with van der Waals surface area (Å²) in [4.78, 5) is 17.6. The molecule has 3 rings (SSSR count). The Labute approximate surface area is 146 Å². The summed E-state index contributed by atoms with van der Waals surface area (Å²) in [5.41, 5.74) is 0.828. The second-order valence-electron chi connectivity index (χ2n) is 5.56. The summed E-state index contributed by atoms with van der Waals surface area (Å²) in [6.07, 6.45) is 2.59. The lowest BCUT2D eigenvalue weighted by Crippen LogP contribution is -2.44. The second-order valence-corrected chi connectivity index (χ2v) is 5.56. The fourth-order valence-electron chi connectivity index (χ4n) is 2.81. The maximum atomic E-state index is 11.3. The number of carboxylic acid groups (broad SMARTS) is 1. The first-order chi connectivity index (χ1) is 11.2. The summed E-state index contributed by atoms with van der Waals surface area (Å²) in [5, 5.41) is 13.3. The van der Waals surface area contributed by atoms with E-state index in [2.05, 4.69) is 10.1 Å². The smallest absolute Gasteiger partial charge is 0.320 e. The zero-order valence-electron chi connectivity index (χ0n) is 13.3. The minimum absolute atomic E-state index is 0. The van der Waals surface area contributed by atoms with Crippen LogP contribution in [0.25, 0.3) is 11.4 Å². The number of ether oxygens (including phenoxy) is 1. The predicted octanol–water partition coefficient (Wildman–Crippen LogP) is 2.61. The Morgan fingerprint density at radius 1 is 1.38 bits per heavy atom. The maximum Gasteiger partial charge on any atom is 0.320 e. The summed E-state index contributed by atoms with van der Waals surface area (Å²) in [6.45, 7) is 1.09. The topological polar surface area (TPSA) is 88.7 Å². The monoisotopic (exact) mass is 353 g/mol. The Hall–Kier alpha value is -2.12. The molecule has 1 aliphatic heterocycles. The molecule has 0 radical (unpaired) electrons. The van der Waals surface area contributed by atoms with Gasteiger partial charge in [0.1, 0.15) is 11.8 Å². The van der Waals surface area contributed by atoms with Crippen LogP contribution in [0.2, 0.25) is 0 Å². The lowest BCUT2D eigenvalue weighted by atomic mass is 10.0. The van der Waals surface area contributed by atoms with Crippen LogP contribution >= 0.6 is 12.4 Å². The van der Waals surface area contributed by atoms with Gasteiger partial charge < -0.3 is 14.4 Å². The maximum absolute atomic E-state index is 11.3. The van der Waals surface area contributed by atoms with Crippen molar-refractivity contribution in [2.75, 3.05) is 13.7 Å². The average Bonchev–Trinajstić information content (AvgIpc) is 3.04. The number of hydrogen-bond acceptors (Lipinski definition) is 6. The van der Waals surface area contributed by atoms with Gasteiger partial charge in [0.15, 0.2) is 0 Å². The number of rotatable bonds is 5. The van der Waals surface area contributed by atoms with Gasteiger partial charge in [-0.05, 0) is 43.7 Å². The lowest BCUT2D eigenvalue weighted by Gasteiger charge is -2.31. The van der Waals surface area contributed by atoms with E-state index in [1.807, 2.05) is 29.2 Å². The number of benzene rings is 1. The highest BCUT2D eigenvalue weighted by molar-refractivity contribution is 5.85. The van der Waals surface area contributed by atoms with Gasteiger partial charge in [0.2, 0.25) is 11.7 Å². The predicted molar refractivity (Wildman–Crippen MR) is 89.2 cm³/mol. The Morgan fingerprint density at radius 2 is 2.12 bits per heavy atom. The van der Waals surface area contributed by atoms with Gasteiger partial charge in [0.05, 0.1) is 13.7 Å². The lowest BCUT2D eigenvalue weighted by molar-refractivity contribution is -0.145. The summed E-state index contributed by atoms with van der Waals surface area (Å²) in [6, 6.07) is 6.90. The minimum atomic E-state index is -0.792. The van der Waals surface area contributed by atoms with Gasteiger partial charge in [-0.3, -0.25) is 9.69 Å². The zero-order valence-corrected chi connectivity index (χ0v) is 14.2. The first-order valence-electron chi connectivity index (χ1n) is 7.61. The number of aromatic nitrogens is 2. The average molecular weight is 354 g/mol. The Kier molecular flexibility index (Phi) is 6.16. The molecule has 1 atom stereocenters. The van der Waals surface area contributed by atoms with Crippen molar-refractivity contribution >= 4 is 18.4 Å². The molecule has 1 N–H and O–H groups in total. The third-order valence-electron chi connectivity index (χ3n) is 4.05. The highest BCUT2D eigenvalue weighted by atomic mass is 35.5. The molecule has 1 saturated heterocycles. The van der Waals surface area contributed by atoms with E-state index in [1.54, 1.807) is 7.11 Å². The fourth-order valence-corrected chi connectivity index (χ4v) is 2.81. The molecule has 2 aromatic rings. The quantitative estimate of drug-likeness (QED) is 0.883. The number of halogens is 1. The van der Waals surface area contributed by atoms with Crippen molar-refractivity contribution in [3.05, 3.63) is 30.2 Å². The molecule has 0 amide bonds. The van der Waals surface area contributed by atoms with E-state index in [0.29, 0.717) is 24.7 Å². The SMILES string of the molecule is COc1ccc(-c2noc(CN3CCCCC3C(=O)O)n2)cc1.Cl. The molecule has 0 aliphatic carbocycles. The van der Waals surface area contributed by atoms with Crippen LogP contribution < -0.4 is 4.74 Å². The number of carboxylic acids is 1. The van der Waals surface area contributed by atoms with Gasteiger partial charge in [-0.1, -0.05) is 11.6 Å². The van der Waals surface area contributed by atoms with E-state index >= 15 is 0 Å². The summed E-state index contributed by atoms with van der Waals surface area (Å²) >= 11 is 0. The number of aliphatic carboxylic acids is 1. The highest BCUT2D eigenvalue weighted by Crippen LogP contribution is 2.22. The van der Waals surface area contributed by atoms with E-state index in [-0.39, 0.29) is 12.4 Å². The Morgan fingerprint density at radius 3 is 2.79 bits per heavy atom. The summed E-state index contributed by atoms with van der Waals surface area (Å²) in [7, 11) is 1.61. The molecule has 0 bridgehead atoms. The number of carbonyl (C=O) groups is 1. The van der Waals surface area contributed by atoms with Crippen LogP contribution in [-0.2, 0) is 11.3 Å². The first kappa shape index (κ1) is 18.2. The standard InChI is InChI=1S/C16H19N3O4.ClH/c1-22-12-7-5-11(6-8-12)15-17-14(23-18-15)10-19-9-3-2-4-13(19)16(20)21;/h5-8,13H,2-4,9-10H2,1H3,(H,20,21);1H. The number of nitrogens with zero attached hydrogens (tertiary/aromatic N) is 3. The highest BCUT2D eigenvalue weighted by Gasteiger charge is 2.29. The molecule has 2 heterocycles. The normalized spacial score (nSPS) is 18.0. The molecule has 1 aromatic carbocycles. The van der Waals surface area contributed by atoms with Crippen molar-refractivity contribution < 1.29 is 19.2 Å². The molecule has 0 spiro atoms. The summed E-state index contributed by atoms with van der Waals surface area (Å²) in [5.74, 6) is 0.894. The number of methoxy groups -OCH3 is 1. The van der Waals surface area contributed by atoms with E-state index in [4.69, 9.17) is 9.26 Å². The van der Waals surface area contributed by atoms with Gasteiger partial charge in [0.25, 0.3) is 0 Å². The Bertz CT molecular complexity index is 674. The van der Waals surface area contributed by atoms with E-state index in [1.165, 1.54) is 0 Å². The molecule has 1 unspecified atom stereocenters. The van der Waals surface area contributed by atoms with Crippen LogP contribution in [-0.4, -0.2) is 45.8 Å². The second kappa shape index (κ2) is 8.12. The van der Waals surface area contributed by atoms with Crippen LogP contribution in [0.4, 0.5) is 0 Å². The van der Waals surface area contributed by atoms with Gasteiger partial charge in [0, 0.05) is 5.56 Å². The molecule has 130 valence electrons. The van der Waals surface area contributed by atoms with Gasteiger partial charge in [-0.25, -0.2) is 0 Å². The first-order valence-corrected chi connectivity index (χ1v) is 7.61. The van der Waals surface area contributed by atoms with Gasteiger partial charge in [-0.15, -0.1) is 12.4 Å². The molecular weight excluding hydrogens is 334 g/mol. The Balaban J connectivity index is 0.00000208. The molecule has 1 fully saturated rings. The molecule has 1 aromatic heterocycles. The van der Waals surface area contributed by atoms with E-state index in [9.17, 15) is 9.90 Å². The number of likely N-dealkylation sites (tertiary alicyclic amines) is 1. The van der Waals surface area contributed by atoms with E-state index in [0.717, 1.165) is 30.7 Å². The molecule has 1 aliphatic rings. The molecular formula is C16H20ClN3O4. The van der Waals surface area contributed by atoms with Crippen LogP contribution in [0.3, 0.4) is 0 Å². The largest absolute Gasteiger partial charge is 0.497 e. The molecule has 0 saturated carbocycles. The minimum Gasteiger partial charge on any atom is -0.497 e.